The van der Waals surface area contributed by atoms with Crippen LogP contribution in [-0.2, 0) is 9.53 Å². The van der Waals surface area contributed by atoms with Crippen LogP contribution in [0, 0.1) is 5.92 Å². The van der Waals surface area contributed by atoms with E-state index in [1.54, 1.807) is 26.8 Å². The van der Waals surface area contributed by atoms with Gasteiger partial charge < -0.3 is 29.5 Å². The lowest BCUT2D eigenvalue weighted by Gasteiger charge is -2.41. The Morgan fingerprint density at radius 3 is 2.45 bits per heavy atom. The first kappa shape index (κ1) is 31.8. The molecular formula is C29H38Cl2N2O7. The zero-order chi connectivity index (χ0) is 29.4. The van der Waals surface area contributed by atoms with Gasteiger partial charge in [-0.1, -0.05) is 35.4 Å². The van der Waals surface area contributed by atoms with Crippen molar-refractivity contribution in [1.29, 1.82) is 0 Å². The molecule has 2 N–H and O–H groups in total. The van der Waals surface area contributed by atoms with Crippen LogP contribution in [0.1, 0.15) is 75.3 Å². The number of rotatable bonds is 14. The Bertz CT molecular complexity index is 1160. The van der Waals surface area contributed by atoms with Crippen LogP contribution in [0.5, 0.6) is 11.5 Å². The molecule has 1 aromatic carbocycles. The third-order valence-corrected chi connectivity index (χ3v) is 7.86. The molecule has 2 aliphatic carbocycles. The van der Waals surface area contributed by atoms with Gasteiger partial charge in [-0.3, -0.25) is 4.79 Å². The SMILES string of the molecule is CCOc1cc([C@@H](C)N(CCOCC2C=C(Cl)C=CC2)C(=O)NC2(C(=O)O)CCC2)c(Cl)c(OCC)c1C(C)=O. The van der Waals surface area contributed by atoms with Crippen molar-refractivity contribution in [1.82, 2.24) is 10.2 Å². The number of halogens is 2. The highest BCUT2D eigenvalue weighted by Crippen LogP contribution is 2.43. The molecule has 220 valence electrons. The second-order valence-corrected chi connectivity index (χ2v) is 10.8. The molecule has 11 heteroatoms. The number of carboxylic acid groups (broad SMARTS) is 1. The lowest BCUT2D eigenvalue weighted by molar-refractivity contribution is -0.148. The Labute approximate surface area is 245 Å². The van der Waals surface area contributed by atoms with Gasteiger partial charge in [0, 0.05) is 23.1 Å². The number of allylic oxidation sites excluding steroid dienone is 3. The smallest absolute Gasteiger partial charge is 0.329 e. The van der Waals surface area contributed by atoms with E-state index in [-0.39, 0.29) is 47.8 Å². The monoisotopic (exact) mass is 596 g/mol. The molecule has 1 aromatic rings. The molecule has 0 radical (unpaired) electrons. The average Bonchev–Trinajstić information content (AvgIpc) is 2.87. The summed E-state index contributed by atoms with van der Waals surface area (Å²) in [6.07, 6.45) is 7.99. The second-order valence-electron chi connectivity index (χ2n) is 9.97. The van der Waals surface area contributed by atoms with Crippen molar-refractivity contribution in [3.63, 3.8) is 0 Å². The number of carbonyl (C=O) groups excluding carboxylic acids is 2. The number of benzene rings is 1. The van der Waals surface area contributed by atoms with Crippen molar-refractivity contribution >= 4 is 41.0 Å². The Kier molecular flexibility index (Phi) is 11.3. The predicted octanol–water partition coefficient (Wildman–Crippen LogP) is 6.14. The van der Waals surface area contributed by atoms with Crippen molar-refractivity contribution in [2.45, 2.75) is 65.0 Å². The minimum Gasteiger partial charge on any atom is -0.493 e. The maximum absolute atomic E-state index is 13.6. The highest BCUT2D eigenvalue weighted by atomic mass is 35.5. The van der Waals surface area contributed by atoms with E-state index in [1.165, 1.54) is 11.8 Å². The van der Waals surface area contributed by atoms with Gasteiger partial charge in [0.2, 0.25) is 0 Å². The summed E-state index contributed by atoms with van der Waals surface area (Å²) in [5, 5.41) is 13.4. The molecule has 2 atom stereocenters. The zero-order valence-corrected chi connectivity index (χ0v) is 24.9. The van der Waals surface area contributed by atoms with E-state index in [0.29, 0.717) is 48.8 Å². The quantitative estimate of drug-likeness (QED) is 0.196. The van der Waals surface area contributed by atoms with Crippen LogP contribution in [0.15, 0.2) is 29.3 Å². The van der Waals surface area contributed by atoms with Crippen LogP contribution in [-0.4, -0.2) is 66.3 Å². The van der Waals surface area contributed by atoms with E-state index in [1.807, 2.05) is 18.2 Å². The largest absolute Gasteiger partial charge is 0.493 e. The number of nitrogens with zero attached hydrogens (tertiary/aromatic N) is 1. The number of carbonyl (C=O) groups is 3. The summed E-state index contributed by atoms with van der Waals surface area (Å²) in [7, 11) is 0. The Hall–Kier alpha value is -2.75. The van der Waals surface area contributed by atoms with Gasteiger partial charge in [-0.2, -0.15) is 0 Å². The number of hydrogen-bond donors (Lipinski definition) is 2. The van der Waals surface area contributed by atoms with Crippen molar-refractivity contribution in [2.75, 3.05) is 33.0 Å². The number of carboxylic acids is 1. The van der Waals surface area contributed by atoms with Gasteiger partial charge in [0.1, 0.15) is 16.9 Å². The van der Waals surface area contributed by atoms with Gasteiger partial charge in [-0.15, -0.1) is 0 Å². The summed E-state index contributed by atoms with van der Waals surface area (Å²) < 4.78 is 17.5. The maximum atomic E-state index is 13.6. The fourth-order valence-electron chi connectivity index (χ4n) is 4.87. The van der Waals surface area contributed by atoms with E-state index in [4.69, 9.17) is 37.4 Å². The zero-order valence-electron chi connectivity index (χ0n) is 23.4. The van der Waals surface area contributed by atoms with Gasteiger partial charge in [0.15, 0.2) is 11.5 Å². The molecule has 1 saturated carbocycles. The first-order valence-corrected chi connectivity index (χ1v) is 14.4. The summed E-state index contributed by atoms with van der Waals surface area (Å²) in [5.41, 5.74) is -0.573. The van der Waals surface area contributed by atoms with Crippen LogP contribution >= 0.6 is 23.2 Å². The molecule has 0 aromatic heterocycles. The van der Waals surface area contributed by atoms with Crippen LogP contribution < -0.4 is 14.8 Å². The molecule has 0 heterocycles. The number of hydrogen-bond acceptors (Lipinski definition) is 6. The standard InChI is InChI=1S/C29H38Cl2N2O7/c1-5-39-23-16-22(25(31)26(40-6-2)24(23)19(4)34)18(3)33(28(37)32-29(27(35)36)11-8-12-29)13-14-38-17-20-9-7-10-21(30)15-20/h7,10,15-16,18,20H,5-6,8-9,11-14,17H2,1-4H3,(H,32,37)(H,35,36)/t18-,20?/m1/s1. The number of ketones is 1. The van der Waals surface area contributed by atoms with Gasteiger partial charge in [0.05, 0.1) is 37.5 Å². The van der Waals surface area contributed by atoms with Crippen molar-refractivity contribution in [2.24, 2.45) is 5.92 Å². The minimum atomic E-state index is -1.30. The molecule has 0 spiro atoms. The Morgan fingerprint density at radius 1 is 1.20 bits per heavy atom. The summed E-state index contributed by atoms with van der Waals surface area (Å²) in [6, 6.07) is 0.451. The molecule has 2 aliphatic rings. The molecule has 0 bridgehead atoms. The molecule has 3 rings (SSSR count). The van der Waals surface area contributed by atoms with E-state index in [2.05, 4.69) is 5.32 Å². The van der Waals surface area contributed by atoms with Crippen LogP contribution in [0.25, 0.3) is 0 Å². The van der Waals surface area contributed by atoms with E-state index < -0.39 is 23.6 Å². The minimum absolute atomic E-state index is 0.124. The molecular weight excluding hydrogens is 559 g/mol. The van der Waals surface area contributed by atoms with E-state index >= 15 is 0 Å². The van der Waals surface area contributed by atoms with E-state index in [9.17, 15) is 19.5 Å². The number of Topliss-reactive ketones (excluding diaryl/α,β-unsaturated/α-hetero) is 1. The van der Waals surface area contributed by atoms with Crippen molar-refractivity contribution in [3.8, 4) is 11.5 Å². The number of nitrogens with one attached hydrogen (secondary N) is 1. The molecule has 0 aliphatic heterocycles. The normalized spacial score (nSPS) is 18.2. The lowest BCUT2D eigenvalue weighted by Crippen LogP contribution is -2.62. The number of ether oxygens (including phenoxy) is 3. The molecule has 1 unspecified atom stereocenters. The molecule has 40 heavy (non-hydrogen) atoms. The molecule has 0 saturated heterocycles. The fraction of sp³-hybridized carbons (Fsp3) is 0.552. The topological polar surface area (TPSA) is 114 Å². The Balaban J connectivity index is 1.91. The first-order chi connectivity index (χ1) is 19.0. The predicted molar refractivity (Wildman–Crippen MR) is 154 cm³/mol. The summed E-state index contributed by atoms with van der Waals surface area (Å²) in [6.45, 7) is 8.10. The second kappa shape index (κ2) is 14.2. The Morgan fingerprint density at radius 2 is 1.90 bits per heavy atom. The number of aliphatic carboxylic acids is 1. The van der Waals surface area contributed by atoms with Crippen molar-refractivity contribution < 1.29 is 33.7 Å². The molecule has 2 amide bonds. The third-order valence-electron chi connectivity index (χ3n) is 7.21. The maximum Gasteiger partial charge on any atom is 0.329 e. The van der Waals surface area contributed by atoms with Gasteiger partial charge in [-0.25, -0.2) is 9.59 Å². The fourth-order valence-corrected chi connectivity index (χ4v) is 5.50. The van der Waals surface area contributed by atoms with Gasteiger partial charge in [-0.05, 0) is 65.5 Å². The number of urea groups is 1. The summed E-state index contributed by atoms with van der Waals surface area (Å²) >= 11 is 12.9. The summed E-state index contributed by atoms with van der Waals surface area (Å²) in [5.74, 6) is -0.715. The summed E-state index contributed by atoms with van der Waals surface area (Å²) in [4.78, 5) is 39.6. The third kappa shape index (κ3) is 7.30. The number of amides is 2. The van der Waals surface area contributed by atoms with Gasteiger partial charge in [0.25, 0.3) is 0 Å². The molecule has 9 nitrogen and oxygen atoms in total. The molecule has 1 fully saturated rings. The highest BCUT2D eigenvalue weighted by molar-refractivity contribution is 6.33. The van der Waals surface area contributed by atoms with Gasteiger partial charge >= 0.3 is 12.0 Å². The van der Waals surface area contributed by atoms with Crippen LogP contribution in [0.2, 0.25) is 5.02 Å². The van der Waals surface area contributed by atoms with Crippen LogP contribution in [0.3, 0.4) is 0 Å². The highest BCUT2D eigenvalue weighted by Gasteiger charge is 2.47. The van der Waals surface area contributed by atoms with E-state index in [0.717, 1.165) is 6.42 Å². The first-order valence-electron chi connectivity index (χ1n) is 13.6. The lowest BCUT2D eigenvalue weighted by atomic mass is 9.77. The van der Waals surface area contributed by atoms with Crippen LogP contribution in [0.4, 0.5) is 4.79 Å². The van der Waals surface area contributed by atoms with Crippen molar-refractivity contribution in [3.05, 3.63) is 45.5 Å². The average molecular weight is 598 g/mol.